The number of aromatic nitrogens is 2. The molecule has 0 radical (unpaired) electrons. The van der Waals surface area contributed by atoms with Crippen molar-refractivity contribution >= 4 is 21.6 Å². The standard InChI is InChI=1S/C13H16ClN3O3S/c1-9(2)17(8-11-5-4-10(3)20-11)21(18,19)12-6-15-13(14)16-7-12/h4-7,9H,8H2,1-3H3. The molecule has 6 nitrogen and oxygen atoms in total. The van der Waals surface area contributed by atoms with Gasteiger partial charge in [0, 0.05) is 6.04 Å². The summed E-state index contributed by atoms with van der Waals surface area (Å²) in [7, 11) is -3.72. The second-order valence-corrected chi connectivity index (χ2v) is 7.07. The van der Waals surface area contributed by atoms with E-state index < -0.39 is 10.0 Å². The SMILES string of the molecule is Cc1ccc(CN(C(C)C)S(=O)(=O)c2cnc(Cl)nc2)o1. The van der Waals surface area contributed by atoms with Gasteiger partial charge in [-0.25, -0.2) is 18.4 Å². The Kier molecular flexibility index (Phi) is 4.65. The topological polar surface area (TPSA) is 76.3 Å². The second kappa shape index (κ2) is 6.13. The van der Waals surface area contributed by atoms with Crippen molar-refractivity contribution in [3.05, 3.63) is 41.3 Å². The Morgan fingerprint density at radius 1 is 1.29 bits per heavy atom. The molecule has 0 saturated carbocycles. The third-order valence-corrected chi connectivity index (χ3v) is 5.06. The van der Waals surface area contributed by atoms with Crippen molar-refractivity contribution in [1.29, 1.82) is 0 Å². The summed E-state index contributed by atoms with van der Waals surface area (Å²) in [4.78, 5) is 7.45. The number of hydrogen-bond acceptors (Lipinski definition) is 5. The molecule has 2 aromatic heterocycles. The first-order valence-electron chi connectivity index (χ1n) is 6.35. The lowest BCUT2D eigenvalue weighted by Crippen LogP contribution is -2.36. The van der Waals surface area contributed by atoms with Gasteiger partial charge < -0.3 is 4.42 Å². The Hall–Kier alpha value is -1.44. The largest absolute Gasteiger partial charge is 0.465 e. The van der Waals surface area contributed by atoms with Crippen molar-refractivity contribution in [2.24, 2.45) is 0 Å². The van der Waals surface area contributed by atoms with E-state index in [-0.39, 0.29) is 22.8 Å². The van der Waals surface area contributed by atoms with Gasteiger partial charge in [-0.05, 0) is 44.5 Å². The van der Waals surface area contributed by atoms with Gasteiger partial charge in [0.1, 0.15) is 16.4 Å². The van der Waals surface area contributed by atoms with Gasteiger partial charge >= 0.3 is 0 Å². The molecule has 0 aliphatic carbocycles. The van der Waals surface area contributed by atoms with Crippen LogP contribution in [0.1, 0.15) is 25.4 Å². The number of hydrogen-bond donors (Lipinski definition) is 0. The van der Waals surface area contributed by atoms with Gasteiger partial charge in [0.15, 0.2) is 0 Å². The molecule has 0 amide bonds. The number of halogens is 1. The van der Waals surface area contributed by atoms with Crippen LogP contribution in [0.4, 0.5) is 0 Å². The lowest BCUT2D eigenvalue weighted by atomic mass is 10.3. The Morgan fingerprint density at radius 2 is 1.90 bits per heavy atom. The van der Waals surface area contributed by atoms with Crippen LogP contribution in [-0.2, 0) is 16.6 Å². The van der Waals surface area contributed by atoms with Gasteiger partial charge in [0.25, 0.3) is 0 Å². The maximum Gasteiger partial charge on any atom is 0.246 e. The zero-order valence-corrected chi connectivity index (χ0v) is 13.5. The molecule has 8 heteroatoms. The molecular formula is C13H16ClN3O3S. The predicted octanol–water partition coefficient (Wildman–Crippen LogP) is 2.63. The van der Waals surface area contributed by atoms with Crippen LogP contribution in [0, 0.1) is 6.92 Å². The molecule has 114 valence electrons. The van der Waals surface area contributed by atoms with Crippen LogP contribution in [-0.4, -0.2) is 28.7 Å². The minimum absolute atomic E-state index is 0.00359. The van der Waals surface area contributed by atoms with E-state index in [2.05, 4.69) is 9.97 Å². The zero-order chi connectivity index (χ0) is 15.6. The third-order valence-electron chi connectivity index (χ3n) is 2.89. The molecule has 0 unspecified atom stereocenters. The predicted molar refractivity (Wildman–Crippen MR) is 78.4 cm³/mol. The Morgan fingerprint density at radius 3 is 2.38 bits per heavy atom. The highest BCUT2D eigenvalue weighted by Crippen LogP contribution is 2.21. The first-order chi connectivity index (χ1) is 9.80. The molecule has 0 spiro atoms. The van der Waals surface area contributed by atoms with E-state index >= 15 is 0 Å². The average Bonchev–Trinajstić information content (AvgIpc) is 2.81. The average molecular weight is 330 g/mol. The highest BCUT2D eigenvalue weighted by atomic mass is 35.5. The molecule has 0 aliphatic heterocycles. The van der Waals surface area contributed by atoms with Crippen molar-refractivity contribution in [3.63, 3.8) is 0 Å². The van der Waals surface area contributed by atoms with Crippen LogP contribution in [0.25, 0.3) is 0 Å². The summed E-state index contributed by atoms with van der Waals surface area (Å²) < 4.78 is 32.1. The van der Waals surface area contributed by atoms with Crippen LogP contribution in [0.3, 0.4) is 0 Å². The zero-order valence-electron chi connectivity index (χ0n) is 11.9. The quantitative estimate of drug-likeness (QED) is 0.788. The van der Waals surface area contributed by atoms with Crippen molar-refractivity contribution in [1.82, 2.24) is 14.3 Å². The molecule has 0 aliphatic rings. The maximum absolute atomic E-state index is 12.7. The van der Waals surface area contributed by atoms with Gasteiger partial charge in [-0.1, -0.05) is 0 Å². The summed E-state index contributed by atoms with van der Waals surface area (Å²) in [6.45, 7) is 5.55. The molecule has 21 heavy (non-hydrogen) atoms. The van der Waals surface area contributed by atoms with E-state index in [0.29, 0.717) is 5.76 Å². The fraction of sp³-hybridized carbons (Fsp3) is 0.385. The van der Waals surface area contributed by atoms with Crippen molar-refractivity contribution < 1.29 is 12.8 Å². The van der Waals surface area contributed by atoms with Gasteiger partial charge in [0.2, 0.25) is 15.3 Å². The fourth-order valence-corrected chi connectivity index (χ4v) is 3.43. The molecule has 0 atom stereocenters. The van der Waals surface area contributed by atoms with Crippen LogP contribution in [0.5, 0.6) is 0 Å². The van der Waals surface area contributed by atoms with E-state index in [1.165, 1.54) is 16.7 Å². The number of sulfonamides is 1. The normalized spacial score (nSPS) is 12.3. The molecule has 2 aromatic rings. The number of aryl methyl sites for hydroxylation is 1. The highest BCUT2D eigenvalue weighted by molar-refractivity contribution is 7.89. The monoisotopic (exact) mass is 329 g/mol. The highest BCUT2D eigenvalue weighted by Gasteiger charge is 2.28. The molecule has 0 aromatic carbocycles. The number of nitrogens with zero attached hydrogens (tertiary/aromatic N) is 3. The first-order valence-corrected chi connectivity index (χ1v) is 8.17. The Labute approximate surface area is 128 Å². The molecule has 0 fully saturated rings. The van der Waals surface area contributed by atoms with Crippen molar-refractivity contribution in [2.75, 3.05) is 0 Å². The summed E-state index contributed by atoms with van der Waals surface area (Å²) in [6.07, 6.45) is 2.40. The lowest BCUT2D eigenvalue weighted by Gasteiger charge is -2.24. The molecular weight excluding hydrogens is 314 g/mol. The van der Waals surface area contributed by atoms with E-state index in [1.54, 1.807) is 26.0 Å². The van der Waals surface area contributed by atoms with E-state index in [0.717, 1.165) is 5.76 Å². The molecule has 0 N–H and O–H groups in total. The van der Waals surface area contributed by atoms with Gasteiger partial charge in [-0.2, -0.15) is 4.31 Å². The summed E-state index contributed by atoms with van der Waals surface area (Å²) in [5.41, 5.74) is 0. The van der Waals surface area contributed by atoms with E-state index in [9.17, 15) is 8.42 Å². The van der Waals surface area contributed by atoms with Crippen LogP contribution < -0.4 is 0 Å². The summed E-state index contributed by atoms with van der Waals surface area (Å²) in [5.74, 6) is 1.32. The van der Waals surface area contributed by atoms with E-state index in [1.807, 2.05) is 6.92 Å². The van der Waals surface area contributed by atoms with Crippen LogP contribution >= 0.6 is 11.6 Å². The minimum Gasteiger partial charge on any atom is -0.465 e. The van der Waals surface area contributed by atoms with Crippen LogP contribution in [0.2, 0.25) is 5.28 Å². The molecule has 2 heterocycles. The summed E-state index contributed by atoms with van der Waals surface area (Å²) in [5, 5.41) is 0.00621. The molecule has 0 bridgehead atoms. The summed E-state index contributed by atoms with van der Waals surface area (Å²) >= 11 is 5.59. The van der Waals surface area contributed by atoms with Crippen LogP contribution in [0.15, 0.2) is 33.8 Å². The Bertz CT molecular complexity index is 711. The Balaban J connectivity index is 2.34. The number of furan rings is 1. The van der Waals surface area contributed by atoms with E-state index in [4.69, 9.17) is 16.0 Å². The van der Waals surface area contributed by atoms with Gasteiger partial charge in [-0.15, -0.1) is 0 Å². The molecule has 0 saturated heterocycles. The second-order valence-electron chi connectivity index (χ2n) is 4.84. The van der Waals surface area contributed by atoms with Crippen molar-refractivity contribution in [2.45, 2.75) is 38.3 Å². The van der Waals surface area contributed by atoms with Crippen molar-refractivity contribution in [3.8, 4) is 0 Å². The smallest absolute Gasteiger partial charge is 0.246 e. The van der Waals surface area contributed by atoms with Gasteiger partial charge in [-0.3, -0.25) is 0 Å². The first kappa shape index (κ1) is 15.9. The summed E-state index contributed by atoms with van der Waals surface area (Å²) in [6, 6.07) is 3.32. The van der Waals surface area contributed by atoms with Gasteiger partial charge in [0.05, 0.1) is 18.9 Å². The minimum atomic E-state index is -3.72. The maximum atomic E-state index is 12.7. The lowest BCUT2D eigenvalue weighted by molar-refractivity contribution is 0.314. The third kappa shape index (κ3) is 3.61. The molecule has 2 rings (SSSR count). The fourth-order valence-electron chi connectivity index (χ4n) is 1.84. The number of rotatable bonds is 5.